The first-order valence-corrected chi connectivity index (χ1v) is 9.47. The molecule has 1 aliphatic rings. The molecular formula is C20H31ClN2O2. The Balaban J connectivity index is 1.81. The van der Waals surface area contributed by atoms with Crippen LogP contribution in [0.3, 0.4) is 0 Å². The van der Waals surface area contributed by atoms with Crippen LogP contribution in [0.2, 0.25) is 5.02 Å². The number of morpholine rings is 1. The van der Waals surface area contributed by atoms with Crippen LogP contribution in [-0.4, -0.2) is 48.2 Å². The summed E-state index contributed by atoms with van der Waals surface area (Å²) in [5.41, 5.74) is 2.07. The number of carbonyl (C=O) groups excluding carboxylic acids is 1. The van der Waals surface area contributed by atoms with Gasteiger partial charge in [0.15, 0.2) is 0 Å². The fourth-order valence-electron chi connectivity index (χ4n) is 3.24. The van der Waals surface area contributed by atoms with Gasteiger partial charge in [-0.15, -0.1) is 0 Å². The maximum atomic E-state index is 12.2. The van der Waals surface area contributed by atoms with E-state index in [9.17, 15) is 4.79 Å². The zero-order valence-electron chi connectivity index (χ0n) is 16.1. The summed E-state index contributed by atoms with van der Waals surface area (Å²) in [4.78, 5) is 14.6. The van der Waals surface area contributed by atoms with Crippen LogP contribution in [0.5, 0.6) is 0 Å². The molecule has 1 fully saturated rings. The Hall–Kier alpha value is -1.10. The average molecular weight is 367 g/mol. The van der Waals surface area contributed by atoms with E-state index in [0.29, 0.717) is 19.4 Å². The molecule has 2 atom stereocenters. The van der Waals surface area contributed by atoms with Crippen LogP contribution in [-0.2, 0) is 16.0 Å². The highest BCUT2D eigenvalue weighted by Gasteiger charge is 2.33. The van der Waals surface area contributed by atoms with Crippen LogP contribution in [0.25, 0.3) is 0 Å². The van der Waals surface area contributed by atoms with E-state index in [2.05, 4.69) is 37.9 Å². The van der Waals surface area contributed by atoms with Crippen molar-refractivity contribution in [3.8, 4) is 0 Å². The number of carbonyl (C=O) groups is 1. The van der Waals surface area contributed by atoms with E-state index in [-0.39, 0.29) is 23.7 Å². The highest BCUT2D eigenvalue weighted by atomic mass is 35.5. The number of ether oxygens (including phenoxy) is 1. The number of amides is 1. The van der Waals surface area contributed by atoms with Gasteiger partial charge in [0.25, 0.3) is 0 Å². The van der Waals surface area contributed by atoms with E-state index in [1.807, 2.05) is 25.1 Å². The Morgan fingerprint density at radius 1 is 1.32 bits per heavy atom. The van der Waals surface area contributed by atoms with Crippen molar-refractivity contribution in [3.63, 3.8) is 0 Å². The summed E-state index contributed by atoms with van der Waals surface area (Å²) in [7, 11) is 0. The third-order valence-electron chi connectivity index (χ3n) is 4.87. The van der Waals surface area contributed by atoms with Crippen molar-refractivity contribution in [2.75, 3.05) is 19.6 Å². The standard InChI is InChI=1S/C20H31ClN2O2/c1-14-6-7-17(10-18(14)21)8-9-19(24)22-13-20(4,5)23-11-15(2)25-16(3)12-23/h6-7,10,15-16H,8-9,11-13H2,1-5H3,(H,22,24)/t15-,16+. The summed E-state index contributed by atoms with van der Waals surface area (Å²) in [6.45, 7) is 13.0. The molecule has 0 saturated carbocycles. The predicted molar refractivity (Wildman–Crippen MR) is 103 cm³/mol. The van der Waals surface area contributed by atoms with E-state index in [1.54, 1.807) is 0 Å². The number of nitrogens with one attached hydrogen (secondary N) is 1. The minimum atomic E-state index is -0.0882. The minimum Gasteiger partial charge on any atom is -0.373 e. The van der Waals surface area contributed by atoms with Gasteiger partial charge in [-0.05, 0) is 58.2 Å². The van der Waals surface area contributed by atoms with Gasteiger partial charge in [0.1, 0.15) is 0 Å². The lowest BCUT2D eigenvalue weighted by Gasteiger charge is -2.45. The van der Waals surface area contributed by atoms with Crippen LogP contribution in [0.4, 0.5) is 0 Å². The average Bonchev–Trinajstić information content (AvgIpc) is 2.53. The zero-order chi connectivity index (χ0) is 18.6. The Bertz CT molecular complexity index is 593. The van der Waals surface area contributed by atoms with E-state index in [0.717, 1.165) is 29.2 Å². The Morgan fingerprint density at radius 2 is 1.96 bits per heavy atom. The molecule has 1 amide bonds. The minimum absolute atomic E-state index is 0.0825. The number of hydrogen-bond acceptors (Lipinski definition) is 3. The Kier molecular flexibility index (Phi) is 6.89. The summed E-state index contributed by atoms with van der Waals surface area (Å²) in [6, 6.07) is 5.99. The number of benzene rings is 1. The smallest absolute Gasteiger partial charge is 0.220 e. The lowest BCUT2D eigenvalue weighted by molar-refractivity contribution is -0.122. The molecule has 2 rings (SSSR count). The number of hydrogen-bond donors (Lipinski definition) is 1. The lowest BCUT2D eigenvalue weighted by atomic mass is 10.00. The summed E-state index contributed by atoms with van der Waals surface area (Å²) in [6.07, 6.45) is 1.64. The highest BCUT2D eigenvalue weighted by molar-refractivity contribution is 6.31. The topological polar surface area (TPSA) is 41.6 Å². The summed E-state index contributed by atoms with van der Waals surface area (Å²) in [5.74, 6) is 0.0825. The van der Waals surface area contributed by atoms with Gasteiger partial charge in [-0.25, -0.2) is 0 Å². The van der Waals surface area contributed by atoms with Crippen molar-refractivity contribution in [2.24, 2.45) is 0 Å². The van der Waals surface area contributed by atoms with E-state index in [4.69, 9.17) is 16.3 Å². The molecular weight excluding hydrogens is 336 g/mol. The van der Waals surface area contributed by atoms with Crippen molar-refractivity contribution < 1.29 is 9.53 Å². The molecule has 1 aromatic carbocycles. The molecule has 0 spiro atoms. The second-order valence-corrected chi connectivity index (χ2v) is 8.24. The highest BCUT2D eigenvalue weighted by Crippen LogP contribution is 2.21. The molecule has 1 aromatic rings. The number of nitrogens with zero attached hydrogens (tertiary/aromatic N) is 1. The van der Waals surface area contributed by atoms with Crippen molar-refractivity contribution >= 4 is 17.5 Å². The summed E-state index contributed by atoms with van der Waals surface area (Å²) < 4.78 is 5.80. The summed E-state index contributed by atoms with van der Waals surface area (Å²) >= 11 is 6.14. The van der Waals surface area contributed by atoms with Crippen molar-refractivity contribution in [1.82, 2.24) is 10.2 Å². The fraction of sp³-hybridized carbons (Fsp3) is 0.650. The molecule has 1 saturated heterocycles. The SMILES string of the molecule is Cc1ccc(CCC(=O)NCC(C)(C)N2C[C@@H](C)O[C@@H](C)C2)cc1Cl. The molecule has 1 heterocycles. The van der Waals surface area contributed by atoms with Gasteiger partial charge >= 0.3 is 0 Å². The maximum Gasteiger partial charge on any atom is 0.220 e. The van der Waals surface area contributed by atoms with Gasteiger partial charge in [0.05, 0.1) is 12.2 Å². The fourth-order valence-corrected chi connectivity index (χ4v) is 3.44. The quantitative estimate of drug-likeness (QED) is 0.836. The Labute approximate surface area is 156 Å². The predicted octanol–water partition coefficient (Wildman–Crippen LogP) is 3.59. The zero-order valence-corrected chi connectivity index (χ0v) is 16.8. The van der Waals surface area contributed by atoms with Gasteiger partial charge in [-0.1, -0.05) is 23.7 Å². The van der Waals surface area contributed by atoms with Gasteiger partial charge in [0.2, 0.25) is 5.91 Å². The molecule has 1 aliphatic heterocycles. The van der Waals surface area contributed by atoms with Gasteiger partial charge in [-0.2, -0.15) is 0 Å². The molecule has 140 valence electrons. The first-order chi connectivity index (χ1) is 11.7. The van der Waals surface area contributed by atoms with Crippen LogP contribution < -0.4 is 5.32 Å². The molecule has 4 nitrogen and oxygen atoms in total. The van der Waals surface area contributed by atoms with Crippen molar-refractivity contribution in [2.45, 2.75) is 65.2 Å². The Morgan fingerprint density at radius 3 is 2.56 bits per heavy atom. The first kappa shape index (κ1) is 20.2. The molecule has 0 bridgehead atoms. The van der Waals surface area contributed by atoms with Crippen LogP contribution in [0, 0.1) is 6.92 Å². The molecule has 5 heteroatoms. The van der Waals surface area contributed by atoms with Crippen molar-refractivity contribution in [1.29, 1.82) is 0 Å². The maximum absolute atomic E-state index is 12.2. The second kappa shape index (κ2) is 8.52. The van der Waals surface area contributed by atoms with E-state index < -0.39 is 0 Å². The molecule has 25 heavy (non-hydrogen) atoms. The normalized spacial score (nSPS) is 22.0. The van der Waals surface area contributed by atoms with Gasteiger partial charge < -0.3 is 10.1 Å². The largest absolute Gasteiger partial charge is 0.373 e. The third kappa shape index (κ3) is 5.98. The van der Waals surface area contributed by atoms with Gasteiger partial charge in [0, 0.05) is 36.6 Å². The van der Waals surface area contributed by atoms with Crippen LogP contribution >= 0.6 is 11.6 Å². The van der Waals surface area contributed by atoms with Gasteiger partial charge in [-0.3, -0.25) is 9.69 Å². The van der Waals surface area contributed by atoms with Crippen LogP contribution in [0.15, 0.2) is 18.2 Å². The molecule has 0 radical (unpaired) electrons. The molecule has 1 N–H and O–H groups in total. The van der Waals surface area contributed by atoms with E-state index >= 15 is 0 Å². The molecule has 0 unspecified atom stereocenters. The number of halogens is 1. The number of rotatable bonds is 6. The monoisotopic (exact) mass is 366 g/mol. The number of aryl methyl sites for hydroxylation is 2. The second-order valence-electron chi connectivity index (χ2n) is 7.84. The molecule has 0 aromatic heterocycles. The first-order valence-electron chi connectivity index (χ1n) is 9.09. The lowest BCUT2D eigenvalue weighted by Crippen LogP contribution is -2.58. The van der Waals surface area contributed by atoms with Crippen molar-refractivity contribution in [3.05, 3.63) is 34.3 Å². The van der Waals surface area contributed by atoms with Crippen LogP contribution in [0.1, 0.15) is 45.2 Å². The summed E-state index contributed by atoms with van der Waals surface area (Å²) in [5, 5.41) is 3.85. The molecule has 0 aliphatic carbocycles. The third-order valence-corrected chi connectivity index (χ3v) is 5.28. The van der Waals surface area contributed by atoms with E-state index in [1.165, 1.54) is 0 Å².